The summed E-state index contributed by atoms with van der Waals surface area (Å²) >= 11 is 6.27. The fourth-order valence-corrected chi connectivity index (χ4v) is 3.19. The van der Waals surface area contributed by atoms with Crippen molar-refractivity contribution in [3.8, 4) is 11.3 Å². The molecule has 4 aromatic rings. The van der Waals surface area contributed by atoms with Crippen molar-refractivity contribution in [3.63, 3.8) is 0 Å². The minimum absolute atomic E-state index is 0.247. The molecule has 1 amide bonds. The van der Waals surface area contributed by atoms with E-state index in [1.165, 1.54) is 24.4 Å². The van der Waals surface area contributed by atoms with E-state index in [1.54, 1.807) is 12.1 Å². The van der Waals surface area contributed by atoms with Gasteiger partial charge in [-0.15, -0.1) is 0 Å². The second-order valence-electron chi connectivity index (χ2n) is 6.62. The molecular formula is C22H12ClF4N3O. The Morgan fingerprint density at radius 1 is 0.968 bits per heavy atom. The number of nitrogens with one attached hydrogen (secondary N) is 1. The lowest BCUT2D eigenvalue weighted by Crippen LogP contribution is -2.14. The van der Waals surface area contributed by atoms with Gasteiger partial charge in [0, 0.05) is 16.8 Å². The number of hydrogen-bond donors (Lipinski definition) is 1. The van der Waals surface area contributed by atoms with Crippen LogP contribution >= 0.6 is 11.6 Å². The lowest BCUT2D eigenvalue weighted by Gasteiger charge is -2.11. The molecule has 1 heterocycles. The van der Waals surface area contributed by atoms with E-state index < -0.39 is 29.0 Å². The van der Waals surface area contributed by atoms with Crippen LogP contribution < -0.4 is 5.32 Å². The number of rotatable bonds is 3. The molecule has 0 unspecified atom stereocenters. The van der Waals surface area contributed by atoms with Crippen LogP contribution in [0.1, 0.15) is 15.9 Å². The first-order chi connectivity index (χ1) is 14.7. The van der Waals surface area contributed by atoms with Crippen molar-refractivity contribution in [2.24, 2.45) is 0 Å². The number of amides is 1. The average Bonchev–Trinajstić information content (AvgIpc) is 2.73. The molecule has 0 saturated carbocycles. The highest BCUT2D eigenvalue weighted by molar-refractivity contribution is 6.33. The van der Waals surface area contributed by atoms with Crippen molar-refractivity contribution in [1.82, 2.24) is 9.97 Å². The zero-order chi connectivity index (χ0) is 22.2. The number of benzene rings is 3. The normalized spacial score (nSPS) is 11.5. The number of carbonyl (C=O) groups excluding carboxylic acids is 1. The van der Waals surface area contributed by atoms with Crippen LogP contribution in [0.2, 0.25) is 5.02 Å². The van der Waals surface area contributed by atoms with Gasteiger partial charge in [0.1, 0.15) is 5.82 Å². The summed E-state index contributed by atoms with van der Waals surface area (Å²) in [4.78, 5) is 21.3. The molecule has 4 nitrogen and oxygen atoms in total. The van der Waals surface area contributed by atoms with E-state index in [1.807, 2.05) is 12.1 Å². The summed E-state index contributed by atoms with van der Waals surface area (Å²) in [6.45, 7) is 0. The Bertz CT molecular complexity index is 1310. The summed E-state index contributed by atoms with van der Waals surface area (Å²) in [7, 11) is 0. The minimum Gasteiger partial charge on any atom is -0.322 e. The predicted octanol–water partition coefficient (Wildman–Crippen LogP) is 6.36. The molecule has 1 N–H and O–H groups in total. The first-order valence-corrected chi connectivity index (χ1v) is 9.29. The first-order valence-electron chi connectivity index (χ1n) is 8.91. The number of carbonyl (C=O) groups is 1. The van der Waals surface area contributed by atoms with Crippen molar-refractivity contribution < 1.29 is 22.4 Å². The van der Waals surface area contributed by atoms with Crippen LogP contribution in [0.25, 0.3) is 22.3 Å². The maximum absolute atomic E-state index is 13.6. The van der Waals surface area contributed by atoms with E-state index in [2.05, 4.69) is 15.3 Å². The monoisotopic (exact) mass is 445 g/mol. The number of aromatic nitrogens is 2. The lowest BCUT2D eigenvalue weighted by molar-refractivity contribution is -0.137. The Balaban J connectivity index is 1.66. The van der Waals surface area contributed by atoms with Gasteiger partial charge < -0.3 is 5.32 Å². The van der Waals surface area contributed by atoms with Gasteiger partial charge in [-0.2, -0.15) is 13.2 Å². The molecule has 31 heavy (non-hydrogen) atoms. The van der Waals surface area contributed by atoms with E-state index >= 15 is 0 Å². The summed E-state index contributed by atoms with van der Waals surface area (Å²) in [6, 6.07) is 13.4. The Morgan fingerprint density at radius 2 is 1.71 bits per heavy atom. The third kappa shape index (κ3) is 4.49. The van der Waals surface area contributed by atoms with Gasteiger partial charge in [0.25, 0.3) is 5.91 Å². The van der Waals surface area contributed by atoms with Crippen LogP contribution in [0.4, 0.5) is 23.2 Å². The molecule has 0 saturated heterocycles. The molecule has 4 rings (SSSR count). The molecular weight excluding hydrogens is 434 g/mol. The Kier molecular flexibility index (Phi) is 5.32. The molecule has 0 radical (unpaired) electrons. The highest BCUT2D eigenvalue weighted by Gasteiger charge is 2.32. The standard InChI is InChI=1S/C22H12ClF4N3O/c23-17-6-5-15(10-16(17)20-11-28-18-3-1-2-4-19(18)30-20)29-21(31)12-7-13(22(25,26)27)9-14(24)8-12/h1-11H,(H,29,31). The van der Waals surface area contributed by atoms with E-state index in [4.69, 9.17) is 11.6 Å². The van der Waals surface area contributed by atoms with Gasteiger partial charge in [0.2, 0.25) is 0 Å². The lowest BCUT2D eigenvalue weighted by atomic mass is 10.1. The number of para-hydroxylation sites is 2. The molecule has 0 aliphatic carbocycles. The molecule has 1 aromatic heterocycles. The topological polar surface area (TPSA) is 54.9 Å². The minimum atomic E-state index is -4.78. The molecule has 0 spiro atoms. The van der Waals surface area contributed by atoms with Crippen molar-refractivity contribution in [2.75, 3.05) is 5.32 Å². The zero-order valence-corrected chi connectivity index (χ0v) is 16.3. The smallest absolute Gasteiger partial charge is 0.322 e. The molecule has 9 heteroatoms. The Labute approximate surface area is 178 Å². The molecule has 3 aromatic carbocycles. The number of hydrogen-bond acceptors (Lipinski definition) is 3. The summed E-state index contributed by atoms with van der Waals surface area (Å²) in [5.41, 5.74) is 0.786. The second kappa shape index (κ2) is 7.96. The maximum Gasteiger partial charge on any atom is 0.416 e. The summed E-state index contributed by atoms with van der Waals surface area (Å²) in [5, 5.41) is 2.80. The molecule has 0 aliphatic heterocycles. The first kappa shape index (κ1) is 20.7. The number of alkyl halides is 3. The van der Waals surface area contributed by atoms with Gasteiger partial charge in [-0.05, 0) is 48.5 Å². The van der Waals surface area contributed by atoms with E-state index in [0.29, 0.717) is 39.4 Å². The SMILES string of the molecule is O=C(Nc1ccc(Cl)c(-c2cnc3ccccc3n2)c1)c1cc(F)cc(C(F)(F)F)c1. The fraction of sp³-hybridized carbons (Fsp3) is 0.0455. The molecule has 0 bridgehead atoms. The molecule has 0 fully saturated rings. The van der Waals surface area contributed by atoms with Crippen molar-refractivity contribution in [3.05, 3.63) is 88.8 Å². The third-order valence-corrected chi connectivity index (χ3v) is 4.77. The quantitative estimate of drug-likeness (QED) is 0.373. The predicted molar refractivity (Wildman–Crippen MR) is 109 cm³/mol. The Morgan fingerprint density at radius 3 is 2.45 bits per heavy atom. The van der Waals surface area contributed by atoms with Gasteiger partial charge in [-0.1, -0.05) is 23.7 Å². The number of halogens is 5. The zero-order valence-electron chi connectivity index (χ0n) is 15.5. The third-order valence-electron chi connectivity index (χ3n) is 4.44. The van der Waals surface area contributed by atoms with Crippen LogP contribution in [0.5, 0.6) is 0 Å². The number of anilines is 1. The summed E-state index contributed by atoms with van der Waals surface area (Å²) in [6.07, 6.45) is -3.25. The van der Waals surface area contributed by atoms with Crippen molar-refractivity contribution in [1.29, 1.82) is 0 Å². The summed E-state index contributed by atoms with van der Waals surface area (Å²) < 4.78 is 52.3. The van der Waals surface area contributed by atoms with Gasteiger partial charge in [0.05, 0.1) is 33.5 Å². The van der Waals surface area contributed by atoms with Gasteiger partial charge in [0.15, 0.2) is 0 Å². The van der Waals surface area contributed by atoms with Crippen molar-refractivity contribution in [2.45, 2.75) is 6.18 Å². The molecule has 0 atom stereocenters. The largest absolute Gasteiger partial charge is 0.416 e. The van der Waals surface area contributed by atoms with Gasteiger partial charge in [-0.25, -0.2) is 9.37 Å². The van der Waals surface area contributed by atoms with Gasteiger partial charge in [-0.3, -0.25) is 9.78 Å². The number of nitrogens with zero attached hydrogens (tertiary/aromatic N) is 2. The van der Waals surface area contributed by atoms with Crippen LogP contribution in [0.3, 0.4) is 0 Å². The summed E-state index contributed by atoms with van der Waals surface area (Å²) in [5.74, 6) is -2.06. The van der Waals surface area contributed by atoms with Crippen LogP contribution in [-0.4, -0.2) is 15.9 Å². The van der Waals surface area contributed by atoms with E-state index in [9.17, 15) is 22.4 Å². The Hall–Kier alpha value is -3.52. The fourth-order valence-electron chi connectivity index (χ4n) is 2.97. The van der Waals surface area contributed by atoms with Gasteiger partial charge >= 0.3 is 6.18 Å². The maximum atomic E-state index is 13.6. The molecule has 0 aliphatic rings. The van der Waals surface area contributed by atoms with Crippen LogP contribution in [0, 0.1) is 5.82 Å². The average molecular weight is 446 g/mol. The number of fused-ring (bicyclic) bond motifs is 1. The van der Waals surface area contributed by atoms with Crippen LogP contribution in [0.15, 0.2) is 66.9 Å². The molecule has 156 valence electrons. The van der Waals surface area contributed by atoms with Crippen LogP contribution in [-0.2, 0) is 6.18 Å². The highest BCUT2D eigenvalue weighted by Crippen LogP contribution is 2.32. The van der Waals surface area contributed by atoms with E-state index in [0.717, 1.165) is 6.07 Å². The van der Waals surface area contributed by atoms with E-state index in [-0.39, 0.29) is 5.69 Å². The van der Waals surface area contributed by atoms with Crippen molar-refractivity contribution >= 4 is 34.2 Å². The second-order valence-corrected chi connectivity index (χ2v) is 7.03. The highest BCUT2D eigenvalue weighted by atomic mass is 35.5.